The highest BCUT2D eigenvalue weighted by molar-refractivity contribution is 5.44. The summed E-state index contributed by atoms with van der Waals surface area (Å²) in [5.74, 6) is -1.07. The van der Waals surface area contributed by atoms with Crippen molar-refractivity contribution in [3.63, 3.8) is 0 Å². The summed E-state index contributed by atoms with van der Waals surface area (Å²) in [5, 5.41) is 3.03. The van der Waals surface area contributed by atoms with Gasteiger partial charge in [0.2, 0.25) is 0 Å². The van der Waals surface area contributed by atoms with Crippen LogP contribution in [0.4, 0.5) is 14.5 Å². The summed E-state index contributed by atoms with van der Waals surface area (Å²) in [6, 6.07) is 4.06. The number of rotatable bonds is 3. The Balaban J connectivity index is 1.94. The van der Waals surface area contributed by atoms with Gasteiger partial charge in [-0.25, -0.2) is 8.78 Å². The number of likely N-dealkylation sites (tertiary alicyclic amines) is 1. The largest absolute Gasteiger partial charge is 0.381 e. The summed E-state index contributed by atoms with van der Waals surface area (Å²) in [4.78, 5) is 2.26. The molecule has 1 fully saturated rings. The molecule has 1 heterocycles. The van der Waals surface area contributed by atoms with Crippen LogP contribution in [-0.2, 0) is 0 Å². The Morgan fingerprint density at radius 3 is 2.88 bits per heavy atom. The standard InChI is InChI=1S/C12H16F2N2/c1-16-6-2-3-10(16)8-15-12-5-4-9(13)7-11(12)14/h4-5,7,10,15H,2-3,6,8H2,1H3. The van der Waals surface area contributed by atoms with Crippen molar-refractivity contribution < 1.29 is 8.78 Å². The van der Waals surface area contributed by atoms with Crippen molar-refractivity contribution in [2.45, 2.75) is 18.9 Å². The molecule has 16 heavy (non-hydrogen) atoms. The number of hydrogen-bond donors (Lipinski definition) is 1. The van der Waals surface area contributed by atoms with Crippen LogP contribution in [0.15, 0.2) is 18.2 Å². The Kier molecular flexibility index (Phi) is 3.39. The SMILES string of the molecule is CN1CCCC1CNc1ccc(F)cc1F. The molecule has 1 N–H and O–H groups in total. The van der Waals surface area contributed by atoms with Gasteiger partial charge in [-0.15, -0.1) is 0 Å². The molecule has 0 saturated carbocycles. The van der Waals surface area contributed by atoms with Gasteiger partial charge in [0.25, 0.3) is 0 Å². The van der Waals surface area contributed by atoms with Crippen LogP contribution in [0.25, 0.3) is 0 Å². The number of likely N-dealkylation sites (N-methyl/N-ethyl adjacent to an activating group) is 1. The summed E-state index contributed by atoms with van der Waals surface area (Å²) in [6.45, 7) is 1.80. The summed E-state index contributed by atoms with van der Waals surface area (Å²) in [6.07, 6.45) is 2.32. The molecule has 1 unspecified atom stereocenters. The van der Waals surface area contributed by atoms with E-state index in [2.05, 4.69) is 17.3 Å². The molecule has 1 saturated heterocycles. The lowest BCUT2D eigenvalue weighted by atomic mass is 10.2. The molecule has 2 nitrogen and oxygen atoms in total. The van der Waals surface area contributed by atoms with Crippen molar-refractivity contribution >= 4 is 5.69 Å². The van der Waals surface area contributed by atoms with Gasteiger partial charge in [-0.1, -0.05) is 0 Å². The molecule has 1 aromatic carbocycles. The molecule has 0 radical (unpaired) electrons. The second kappa shape index (κ2) is 4.78. The maximum Gasteiger partial charge on any atom is 0.149 e. The molecule has 2 rings (SSSR count). The first-order valence-electron chi connectivity index (χ1n) is 5.56. The molecule has 4 heteroatoms. The molecular weight excluding hydrogens is 210 g/mol. The van der Waals surface area contributed by atoms with E-state index in [0.717, 1.165) is 19.0 Å². The average Bonchev–Trinajstić information content (AvgIpc) is 2.63. The second-order valence-corrected chi connectivity index (χ2v) is 4.28. The monoisotopic (exact) mass is 226 g/mol. The average molecular weight is 226 g/mol. The highest BCUT2D eigenvalue weighted by Crippen LogP contribution is 2.18. The van der Waals surface area contributed by atoms with E-state index in [1.807, 2.05) is 0 Å². The lowest BCUT2D eigenvalue weighted by molar-refractivity contribution is 0.322. The molecule has 0 aliphatic carbocycles. The first kappa shape index (κ1) is 11.3. The lowest BCUT2D eigenvalue weighted by Gasteiger charge is -2.20. The van der Waals surface area contributed by atoms with E-state index >= 15 is 0 Å². The molecule has 0 aromatic heterocycles. The van der Waals surface area contributed by atoms with Crippen LogP contribution in [0, 0.1) is 11.6 Å². The third-order valence-electron chi connectivity index (χ3n) is 3.13. The maximum atomic E-state index is 13.3. The zero-order valence-electron chi connectivity index (χ0n) is 9.34. The molecule has 1 aliphatic heterocycles. The Morgan fingerprint density at radius 2 is 2.25 bits per heavy atom. The van der Waals surface area contributed by atoms with Crippen LogP contribution in [0.5, 0.6) is 0 Å². The van der Waals surface area contributed by atoms with Gasteiger partial charge in [0.15, 0.2) is 0 Å². The number of nitrogens with one attached hydrogen (secondary N) is 1. The van der Waals surface area contributed by atoms with E-state index in [0.29, 0.717) is 18.3 Å². The van der Waals surface area contributed by atoms with Gasteiger partial charge in [-0.3, -0.25) is 0 Å². The number of benzene rings is 1. The summed E-state index contributed by atoms with van der Waals surface area (Å²) < 4.78 is 26.0. The van der Waals surface area contributed by atoms with Crippen molar-refractivity contribution in [3.8, 4) is 0 Å². The Hall–Kier alpha value is -1.16. The number of halogens is 2. The van der Waals surface area contributed by atoms with Crippen molar-refractivity contribution in [1.82, 2.24) is 4.90 Å². The Labute approximate surface area is 94.3 Å². The molecule has 0 bridgehead atoms. The van der Waals surface area contributed by atoms with Gasteiger partial charge >= 0.3 is 0 Å². The summed E-state index contributed by atoms with van der Waals surface area (Å²) in [5.41, 5.74) is 0.377. The molecular formula is C12H16F2N2. The topological polar surface area (TPSA) is 15.3 Å². The minimum absolute atomic E-state index is 0.377. The van der Waals surface area contributed by atoms with Gasteiger partial charge in [0.1, 0.15) is 11.6 Å². The fraction of sp³-hybridized carbons (Fsp3) is 0.500. The summed E-state index contributed by atoms with van der Waals surface area (Å²) >= 11 is 0. The van der Waals surface area contributed by atoms with Crippen LogP contribution < -0.4 is 5.32 Å². The van der Waals surface area contributed by atoms with E-state index in [1.54, 1.807) is 0 Å². The fourth-order valence-electron chi connectivity index (χ4n) is 2.10. The van der Waals surface area contributed by atoms with Crippen LogP contribution in [-0.4, -0.2) is 31.1 Å². The van der Waals surface area contributed by atoms with Crippen molar-refractivity contribution in [2.24, 2.45) is 0 Å². The highest BCUT2D eigenvalue weighted by Gasteiger charge is 2.20. The summed E-state index contributed by atoms with van der Waals surface area (Å²) in [7, 11) is 2.07. The Bertz CT molecular complexity index is 368. The highest BCUT2D eigenvalue weighted by atomic mass is 19.1. The van der Waals surface area contributed by atoms with Crippen molar-refractivity contribution in [3.05, 3.63) is 29.8 Å². The van der Waals surface area contributed by atoms with Crippen LogP contribution >= 0.6 is 0 Å². The zero-order valence-corrected chi connectivity index (χ0v) is 9.34. The van der Waals surface area contributed by atoms with Crippen LogP contribution in [0.3, 0.4) is 0 Å². The third-order valence-corrected chi connectivity index (χ3v) is 3.13. The minimum Gasteiger partial charge on any atom is -0.381 e. The molecule has 1 aliphatic rings. The van der Waals surface area contributed by atoms with Gasteiger partial charge in [-0.05, 0) is 38.6 Å². The molecule has 0 spiro atoms. The lowest BCUT2D eigenvalue weighted by Crippen LogP contribution is -2.31. The van der Waals surface area contributed by atoms with E-state index in [9.17, 15) is 8.78 Å². The van der Waals surface area contributed by atoms with E-state index in [-0.39, 0.29) is 0 Å². The van der Waals surface area contributed by atoms with Crippen LogP contribution in [0.1, 0.15) is 12.8 Å². The van der Waals surface area contributed by atoms with Gasteiger partial charge in [-0.2, -0.15) is 0 Å². The molecule has 1 aromatic rings. The van der Waals surface area contributed by atoms with E-state index in [4.69, 9.17) is 0 Å². The first-order chi connectivity index (χ1) is 7.66. The molecule has 0 amide bonds. The quantitative estimate of drug-likeness (QED) is 0.851. The third kappa shape index (κ3) is 2.50. The molecule has 88 valence electrons. The van der Waals surface area contributed by atoms with E-state index < -0.39 is 11.6 Å². The second-order valence-electron chi connectivity index (χ2n) is 4.28. The van der Waals surface area contributed by atoms with Gasteiger partial charge in [0.05, 0.1) is 5.69 Å². The maximum absolute atomic E-state index is 13.3. The van der Waals surface area contributed by atoms with Gasteiger partial charge < -0.3 is 10.2 Å². The normalized spacial score (nSPS) is 21.3. The van der Waals surface area contributed by atoms with Gasteiger partial charge in [0, 0.05) is 18.7 Å². The number of nitrogens with zero attached hydrogens (tertiary/aromatic N) is 1. The zero-order chi connectivity index (χ0) is 11.5. The van der Waals surface area contributed by atoms with Crippen LogP contribution in [0.2, 0.25) is 0 Å². The smallest absolute Gasteiger partial charge is 0.149 e. The predicted octanol–water partition coefficient (Wildman–Crippen LogP) is 2.47. The first-order valence-corrected chi connectivity index (χ1v) is 5.56. The Morgan fingerprint density at radius 1 is 1.44 bits per heavy atom. The van der Waals surface area contributed by atoms with Crippen molar-refractivity contribution in [1.29, 1.82) is 0 Å². The van der Waals surface area contributed by atoms with Crippen molar-refractivity contribution in [2.75, 3.05) is 25.5 Å². The molecule has 1 atom stereocenters. The van der Waals surface area contributed by atoms with E-state index in [1.165, 1.54) is 18.6 Å². The fourth-order valence-corrected chi connectivity index (χ4v) is 2.10. The minimum atomic E-state index is -0.541. The number of anilines is 1. The number of hydrogen-bond acceptors (Lipinski definition) is 2. The predicted molar refractivity (Wildman–Crippen MR) is 60.5 cm³/mol.